The van der Waals surface area contributed by atoms with Crippen LogP contribution in [0.5, 0.6) is 0 Å². The predicted octanol–water partition coefficient (Wildman–Crippen LogP) is 2.95. The molecule has 2 aromatic rings. The molecule has 1 aromatic carbocycles. The number of benzene rings is 1. The maximum atomic E-state index is 11.0. The molecular weight excluding hydrogens is 256 g/mol. The standard InChI is InChI=1S/C14H16N4O2/c1-10-4-3-5-11(8-10)9-16-14-12(18(19)20)6-7-13(15-2)17-14/h3-8H,9H2,1-2H3,(H2,15,16,17). The van der Waals surface area contributed by atoms with Gasteiger partial charge in [-0.15, -0.1) is 0 Å². The number of hydrogen-bond donors (Lipinski definition) is 2. The van der Waals surface area contributed by atoms with Gasteiger partial charge in [-0.05, 0) is 18.6 Å². The second-order valence-corrected chi connectivity index (χ2v) is 4.41. The van der Waals surface area contributed by atoms with Crippen molar-refractivity contribution < 1.29 is 4.92 Å². The van der Waals surface area contributed by atoms with Crippen LogP contribution in [-0.4, -0.2) is 17.0 Å². The Morgan fingerprint density at radius 3 is 2.75 bits per heavy atom. The van der Waals surface area contributed by atoms with E-state index in [1.165, 1.54) is 6.07 Å². The van der Waals surface area contributed by atoms with Crippen LogP contribution in [0.3, 0.4) is 0 Å². The second kappa shape index (κ2) is 6.01. The maximum Gasteiger partial charge on any atom is 0.311 e. The quantitative estimate of drug-likeness (QED) is 0.646. The van der Waals surface area contributed by atoms with Crippen molar-refractivity contribution in [2.24, 2.45) is 0 Å². The molecule has 0 spiro atoms. The average Bonchev–Trinajstić information content (AvgIpc) is 2.44. The molecule has 2 N–H and O–H groups in total. The first kappa shape index (κ1) is 13.8. The van der Waals surface area contributed by atoms with Gasteiger partial charge in [0.25, 0.3) is 0 Å². The molecule has 104 valence electrons. The Hall–Kier alpha value is -2.63. The molecule has 0 aliphatic rings. The molecule has 1 heterocycles. The van der Waals surface area contributed by atoms with Crippen molar-refractivity contribution in [2.75, 3.05) is 17.7 Å². The molecule has 2 rings (SSSR count). The van der Waals surface area contributed by atoms with E-state index in [1.807, 2.05) is 31.2 Å². The monoisotopic (exact) mass is 272 g/mol. The summed E-state index contributed by atoms with van der Waals surface area (Å²) >= 11 is 0. The topological polar surface area (TPSA) is 80.1 Å². The third kappa shape index (κ3) is 3.23. The van der Waals surface area contributed by atoms with Gasteiger partial charge in [-0.1, -0.05) is 29.8 Å². The zero-order valence-corrected chi connectivity index (χ0v) is 11.4. The van der Waals surface area contributed by atoms with Crippen LogP contribution < -0.4 is 10.6 Å². The first-order chi connectivity index (χ1) is 9.60. The molecule has 1 aromatic heterocycles. The molecule has 0 aliphatic carbocycles. The van der Waals surface area contributed by atoms with E-state index in [0.29, 0.717) is 12.4 Å². The largest absolute Gasteiger partial charge is 0.373 e. The van der Waals surface area contributed by atoms with Gasteiger partial charge >= 0.3 is 5.69 Å². The highest BCUT2D eigenvalue weighted by Crippen LogP contribution is 2.24. The zero-order chi connectivity index (χ0) is 14.5. The molecule has 6 nitrogen and oxygen atoms in total. The van der Waals surface area contributed by atoms with Crippen molar-refractivity contribution in [2.45, 2.75) is 13.5 Å². The number of pyridine rings is 1. The lowest BCUT2D eigenvalue weighted by atomic mass is 10.1. The van der Waals surface area contributed by atoms with Gasteiger partial charge in [0.1, 0.15) is 5.82 Å². The van der Waals surface area contributed by atoms with E-state index in [4.69, 9.17) is 0 Å². The molecule has 0 saturated carbocycles. The highest BCUT2D eigenvalue weighted by molar-refractivity contribution is 5.60. The summed E-state index contributed by atoms with van der Waals surface area (Å²) in [7, 11) is 1.72. The molecule has 0 fully saturated rings. The number of aryl methyl sites for hydroxylation is 1. The summed E-state index contributed by atoms with van der Waals surface area (Å²) in [5, 5.41) is 16.9. The molecule has 0 radical (unpaired) electrons. The Morgan fingerprint density at radius 2 is 2.10 bits per heavy atom. The normalized spacial score (nSPS) is 10.1. The van der Waals surface area contributed by atoms with Crippen LogP contribution in [0.4, 0.5) is 17.3 Å². The summed E-state index contributed by atoms with van der Waals surface area (Å²) in [5.41, 5.74) is 2.17. The molecular formula is C14H16N4O2. The number of nitrogens with zero attached hydrogens (tertiary/aromatic N) is 2. The van der Waals surface area contributed by atoms with Crippen LogP contribution in [0.2, 0.25) is 0 Å². The van der Waals surface area contributed by atoms with Gasteiger partial charge in [0, 0.05) is 19.7 Å². The molecule has 0 atom stereocenters. The second-order valence-electron chi connectivity index (χ2n) is 4.41. The van der Waals surface area contributed by atoms with Crippen molar-refractivity contribution in [3.05, 3.63) is 57.6 Å². The molecule has 0 amide bonds. The van der Waals surface area contributed by atoms with Crippen molar-refractivity contribution in [1.29, 1.82) is 0 Å². The lowest BCUT2D eigenvalue weighted by molar-refractivity contribution is -0.384. The summed E-state index contributed by atoms with van der Waals surface area (Å²) in [6.45, 7) is 2.49. The average molecular weight is 272 g/mol. The van der Waals surface area contributed by atoms with Crippen LogP contribution in [0.15, 0.2) is 36.4 Å². The number of nitro groups is 1. The van der Waals surface area contributed by atoms with E-state index in [9.17, 15) is 10.1 Å². The third-order valence-electron chi connectivity index (χ3n) is 2.87. The highest BCUT2D eigenvalue weighted by atomic mass is 16.6. The number of aromatic nitrogens is 1. The van der Waals surface area contributed by atoms with Crippen LogP contribution >= 0.6 is 0 Å². The van der Waals surface area contributed by atoms with E-state index in [1.54, 1.807) is 13.1 Å². The van der Waals surface area contributed by atoms with E-state index < -0.39 is 4.92 Å². The van der Waals surface area contributed by atoms with Crippen molar-refractivity contribution in [3.8, 4) is 0 Å². The van der Waals surface area contributed by atoms with Crippen LogP contribution in [0.25, 0.3) is 0 Å². The lowest BCUT2D eigenvalue weighted by Gasteiger charge is -2.08. The van der Waals surface area contributed by atoms with Gasteiger partial charge in [0.05, 0.1) is 4.92 Å². The third-order valence-corrected chi connectivity index (χ3v) is 2.87. The van der Waals surface area contributed by atoms with Crippen molar-refractivity contribution >= 4 is 17.3 Å². The van der Waals surface area contributed by atoms with Gasteiger partial charge in [-0.25, -0.2) is 4.98 Å². The fourth-order valence-electron chi connectivity index (χ4n) is 1.88. The van der Waals surface area contributed by atoms with Gasteiger partial charge in [-0.3, -0.25) is 10.1 Å². The minimum absolute atomic E-state index is 0.0309. The highest BCUT2D eigenvalue weighted by Gasteiger charge is 2.15. The first-order valence-corrected chi connectivity index (χ1v) is 6.23. The molecule has 0 saturated heterocycles. The summed E-state index contributed by atoms with van der Waals surface area (Å²) in [6.07, 6.45) is 0. The fraction of sp³-hybridized carbons (Fsp3) is 0.214. The fourth-order valence-corrected chi connectivity index (χ4v) is 1.88. The van der Waals surface area contributed by atoms with Crippen LogP contribution in [0, 0.1) is 17.0 Å². The number of hydrogen-bond acceptors (Lipinski definition) is 5. The number of anilines is 2. The molecule has 0 aliphatic heterocycles. The predicted molar refractivity (Wildman–Crippen MR) is 78.9 cm³/mol. The number of rotatable bonds is 5. The van der Waals surface area contributed by atoms with Crippen molar-refractivity contribution in [3.63, 3.8) is 0 Å². The van der Waals surface area contributed by atoms with Crippen LogP contribution in [-0.2, 0) is 6.54 Å². The Kier molecular flexibility index (Phi) is 4.14. The summed E-state index contributed by atoms with van der Waals surface area (Å²) < 4.78 is 0. The molecule has 20 heavy (non-hydrogen) atoms. The summed E-state index contributed by atoms with van der Waals surface area (Å²) in [5.74, 6) is 0.852. The minimum Gasteiger partial charge on any atom is -0.373 e. The Balaban J connectivity index is 2.21. The summed E-state index contributed by atoms with van der Waals surface area (Å²) in [4.78, 5) is 14.7. The SMILES string of the molecule is CNc1ccc([N+](=O)[O-])c(NCc2cccc(C)c2)n1. The van der Waals surface area contributed by atoms with Gasteiger partial charge in [0.2, 0.25) is 5.82 Å². The molecule has 0 bridgehead atoms. The summed E-state index contributed by atoms with van der Waals surface area (Å²) in [6, 6.07) is 11.0. The van der Waals surface area contributed by atoms with Gasteiger partial charge in [-0.2, -0.15) is 0 Å². The molecule has 0 unspecified atom stereocenters. The minimum atomic E-state index is -0.439. The van der Waals surface area contributed by atoms with E-state index in [2.05, 4.69) is 15.6 Å². The zero-order valence-electron chi connectivity index (χ0n) is 11.4. The Morgan fingerprint density at radius 1 is 1.30 bits per heavy atom. The smallest absolute Gasteiger partial charge is 0.311 e. The van der Waals surface area contributed by atoms with E-state index in [0.717, 1.165) is 11.1 Å². The van der Waals surface area contributed by atoms with Crippen molar-refractivity contribution in [1.82, 2.24) is 4.98 Å². The maximum absolute atomic E-state index is 11.0. The van der Waals surface area contributed by atoms with Crippen LogP contribution in [0.1, 0.15) is 11.1 Å². The Labute approximate surface area is 117 Å². The first-order valence-electron chi connectivity index (χ1n) is 6.23. The molecule has 6 heteroatoms. The van der Waals surface area contributed by atoms with Gasteiger partial charge < -0.3 is 10.6 Å². The lowest BCUT2D eigenvalue weighted by Crippen LogP contribution is -2.06. The number of nitrogens with one attached hydrogen (secondary N) is 2. The van der Waals surface area contributed by atoms with E-state index in [-0.39, 0.29) is 11.5 Å². The van der Waals surface area contributed by atoms with E-state index >= 15 is 0 Å². The van der Waals surface area contributed by atoms with Gasteiger partial charge in [0.15, 0.2) is 0 Å². The Bertz CT molecular complexity index is 628.